The highest BCUT2D eigenvalue weighted by Gasteiger charge is 2.34. The normalized spacial score (nSPS) is 18.8. The highest BCUT2D eigenvalue weighted by molar-refractivity contribution is 7.92. The molecule has 1 aliphatic carbocycles. The molecule has 0 radical (unpaired) electrons. The van der Waals surface area contributed by atoms with E-state index in [9.17, 15) is 26.8 Å². The predicted molar refractivity (Wildman–Crippen MR) is 175 cm³/mol. The van der Waals surface area contributed by atoms with E-state index >= 15 is 0 Å². The molecule has 0 unspecified atom stereocenters. The number of anilines is 3. The number of aromatic nitrogens is 6. The first kappa shape index (κ1) is 34.1. The molecule has 0 bridgehead atoms. The van der Waals surface area contributed by atoms with Crippen molar-refractivity contribution in [2.75, 3.05) is 47.1 Å². The molecule has 0 spiro atoms. The lowest BCUT2D eigenvalue weighted by molar-refractivity contribution is -0.362. The van der Waals surface area contributed by atoms with Crippen molar-refractivity contribution in [2.24, 2.45) is 7.05 Å². The zero-order chi connectivity index (χ0) is 34.9. The topological polar surface area (TPSA) is 167 Å². The van der Waals surface area contributed by atoms with Crippen LogP contribution < -0.4 is 19.3 Å². The van der Waals surface area contributed by atoms with E-state index in [1.807, 2.05) is 6.07 Å². The maximum Gasteiger partial charge on any atom is 0.434 e. The third-order valence-corrected chi connectivity index (χ3v) is 9.60. The van der Waals surface area contributed by atoms with Crippen LogP contribution in [0, 0.1) is 5.21 Å². The van der Waals surface area contributed by atoms with Gasteiger partial charge in [-0.3, -0.25) is 19.0 Å². The molecule has 5 heterocycles. The molecular formula is C30H35F3N10O5S. The summed E-state index contributed by atoms with van der Waals surface area (Å²) in [4.78, 5) is 22.9. The maximum atomic E-state index is 13.1. The van der Waals surface area contributed by atoms with Crippen molar-refractivity contribution in [3.05, 3.63) is 53.5 Å². The van der Waals surface area contributed by atoms with Gasteiger partial charge in [0.25, 0.3) is 0 Å². The molecule has 0 amide bonds. The summed E-state index contributed by atoms with van der Waals surface area (Å²) in [5, 5.41) is 15.3. The van der Waals surface area contributed by atoms with E-state index in [1.165, 1.54) is 23.2 Å². The van der Waals surface area contributed by atoms with Crippen LogP contribution in [0.5, 0.6) is 5.88 Å². The van der Waals surface area contributed by atoms with E-state index < -0.39 is 21.9 Å². The van der Waals surface area contributed by atoms with Crippen molar-refractivity contribution >= 4 is 50.9 Å². The number of imidazole rings is 1. The Hall–Kier alpha value is -4.78. The molecule has 1 aliphatic heterocycles. The van der Waals surface area contributed by atoms with Gasteiger partial charge in [0.15, 0.2) is 5.69 Å². The van der Waals surface area contributed by atoms with Gasteiger partial charge in [0, 0.05) is 31.9 Å². The Kier molecular flexibility index (Phi) is 9.47. The minimum Gasteiger partial charge on any atom is -0.741 e. The van der Waals surface area contributed by atoms with Crippen LogP contribution in [-0.2, 0) is 34.5 Å². The Bertz CT molecular complexity index is 1940. The number of hydrogen-bond acceptors (Lipinski definition) is 12. The van der Waals surface area contributed by atoms with Crippen molar-refractivity contribution < 1.29 is 35.8 Å². The number of hydrogen-bond donors (Lipinski definition) is 1. The first-order valence-electron chi connectivity index (χ1n) is 15.5. The second-order valence-corrected chi connectivity index (χ2v) is 13.8. The van der Waals surface area contributed by atoms with Crippen LogP contribution in [0.1, 0.15) is 37.1 Å². The van der Waals surface area contributed by atoms with Gasteiger partial charge in [0.1, 0.15) is 29.6 Å². The zero-order valence-electron chi connectivity index (χ0n) is 26.8. The number of morpholine rings is 1. The largest absolute Gasteiger partial charge is 0.741 e. The molecule has 0 aromatic carbocycles. The van der Waals surface area contributed by atoms with E-state index in [0.29, 0.717) is 85.3 Å². The van der Waals surface area contributed by atoms with E-state index in [0.717, 1.165) is 10.6 Å². The van der Waals surface area contributed by atoms with Crippen molar-refractivity contribution in [2.45, 2.75) is 50.6 Å². The number of fused-ring (bicyclic) bond motifs is 1. The standard InChI is InChI=1S/C30H35F3N10O5S/c1-40-21(15-36-29(40)41(2)44)18-43(49(3,45)46)20-12-23-24(35-14-20)13-27(42-8-10-47-11-9-42)39-28(23)48-22-6-4-19(5-7-22)37-26-17-34-16-25(38-26)30(31,32)33/h12-17,19,22H,2,4-11,18H2,1,3H3,(H,37,38). The molecule has 0 atom stereocenters. The van der Waals surface area contributed by atoms with Crippen molar-refractivity contribution in [1.82, 2.24) is 29.5 Å². The number of sulfonamides is 1. The molecule has 2 aliphatic rings. The Morgan fingerprint density at radius 1 is 1.10 bits per heavy atom. The number of rotatable bonds is 10. The molecule has 49 heavy (non-hydrogen) atoms. The number of pyridine rings is 2. The smallest absolute Gasteiger partial charge is 0.434 e. The van der Waals surface area contributed by atoms with Gasteiger partial charge >= 0.3 is 12.1 Å². The Morgan fingerprint density at radius 2 is 1.84 bits per heavy atom. The lowest BCUT2D eigenvalue weighted by Crippen LogP contribution is -2.37. The van der Waals surface area contributed by atoms with Crippen molar-refractivity contribution in [3.8, 4) is 5.88 Å². The van der Waals surface area contributed by atoms with Gasteiger partial charge in [-0.2, -0.15) is 18.2 Å². The predicted octanol–water partition coefficient (Wildman–Crippen LogP) is 3.62. The van der Waals surface area contributed by atoms with E-state index in [4.69, 9.17) is 14.5 Å². The Labute approximate surface area is 280 Å². The summed E-state index contributed by atoms with van der Waals surface area (Å²) in [5.74, 6) is 0.993. The summed E-state index contributed by atoms with van der Waals surface area (Å²) in [6.07, 6.45) is 3.36. The molecule has 15 nitrogen and oxygen atoms in total. The fraction of sp³-hybridized carbons (Fsp3) is 0.467. The second kappa shape index (κ2) is 13.6. The molecule has 262 valence electrons. The summed E-state index contributed by atoms with van der Waals surface area (Å²) >= 11 is 0. The molecule has 6 rings (SSSR count). The van der Waals surface area contributed by atoms with Crippen LogP contribution in [0.15, 0.2) is 36.9 Å². The van der Waals surface area contributed by atoms with Crippen molar-refractivity contribution in [3.63, 3.8) is 0 Å². The third-order valence-electron chi connectivity index (χ3n) is 8.46. The summed E-state index contributed by atoms with van der Waals surface area (Å²) in [5.41, 5.74) is 0.188. The fourth-order valence-electron chi connectivity index (χ4n) is 5.87. The molecule has 19 heteroatoms. The number of nitrogens with one attached hydrogen (secondary N) is 1. The monoisotopic (exact) mass is 704 g/mol. The molecular weight excluding hydrogens is 669 g/mol. The highest BCUT2D eigenvalue weighted by atomic mass is 32.2. The molecule has 4 aromatic heterocycles. The number of ether oxygens (including phenoxy) is 2. The summed E-state index contributed by atoms with van der Waals surface area (Å²) in [6, 6.07) is 3.35. The van der Waals surface area contributed by atoms with Gasteiger partial charge in [-0.15, -0.1) is 0 Å². The first-order valence-corrected chi connectivity index (χ1v) is 17.3. The van der Waals surface area contributed by atoms with E-state index in [1.54, 1.807) is 13.1 Å². The lowest BCUT2D eigenvalue weighted by Gasteiger charge is -2.31. The minimum atomic E-state index is -4.59. The molecule has 1 saturated heterocycles. The van der Waals surface area contributed by atoms with Gasteiger partial charge in [0.2, 0.25) is 15.9 Å². The lowest BCUT2D eigenvalue weighted by atomic mass is 9.93. The second-order valence-electron chi connectivity index (χ2n) is 11.9. The third kappa shape index (κ3) is 7.77. The molecule has 2 fully saturated rings. The van der Waals surface area contributed by atoms with Gasteiger partial charge < -0.3 is 24.9 Å². The minimum absolute atomic E-state index is 0.0169. The zero-order valence-corrected chi connectivity index (χ0v) is 27.6. The highest BCUT2D eigenvalue weighted by Crippen LogP contribution is 2.35. The molecule has 1 N–H and O–H groups in total. The van der Waals surface area contributed by atoms with E-state index in [2.05, 4.69) is 36.9 Å². The average Bonchev–Trinajstić information content (AvgIpc) is 3.44. The van der Waals surface area contributed by atoms with Gasteiger partial charge in [-0.25, -0.2) is 18.0 Å². The number of halogens is 3. The molecule has 4 aromatic rings. The quantitative estimate of drug-likeness (QED) is 0.110. The van der Waals surface area contributed by atoms with Gasteiger partial charge in [-0.05, 0) is 31.7 Å². The van der Waals surface area contributed by atoms with Crippen LogP contribution in [-0.4, -0.2) is 94.1 Å². The van der Waals surface area contributed by atoms with Crippen LogP contribution in [0.3, 0.4) is 0 Å². The summed E-state index contributed by atoms with van der Waals surface area (Å²) < 4.78 is 80.4. The Balaban J connectivity index is 1.27. The van der Waals surface area contributed by atoms with Gasteiger partial charge in [0.05, 0.1) is 68.2 Å². The van der Waals surface area contributed by atoms with E-state index in [-0.39, 0.29) is 42.0 Å². The fourth-order valence-corrected chi connectivity index (χ4v) is 6.72. The summed E-state index contributed by atoms with van der Waals surface area (Å²) in [6.45, 7) is 5.48. The Morgan fingerprint density at radius 3 is 2.49 bits per heavy atom. The van der Waals surface area contributed by atoms with Crippen LogP contribution >= 0.6 is 0 Å². The van der Waals surface area contributed by atoms with Crippen LogP contribution in [0.4, 0.5) is 36.4 Å². The molecule has 1 saturated carbocycles. The van der Waals surface area contributed by atoms with Crippen LogP contribution in [0.2, 0.25) is 0 Å². The first-order chi connectivity index (χ1) is 23.3. The maximum absolute atomic E-state index is 13.1. The van der Waals surface area contributed by atoms with Gasteiger partial charge in [-0.1, -0.05) is 4.98 Å². The summed E-state index contributed by atoms with van der Waals surface area (Å²) in [7, 11) is -2.25. The number of nitrogens with zero attached hydrogens (tertiary/aromatic N) is 9. The average molecular weight is 705 g/mol. The van der Waals surface area contributed by atoms with Crippen molar-refractivity contribution in [1.29, 1.82) is 0 Å². The SMILES string of the molecule is C=[N+]([O-])c1ncc(CN(c2cnc3cc(N4CCOCC4)nc(OC4CCC(Nc5cncc(C(F)(F)F)n5)CC4)c3c2)S(C)(=O)=O)n1C. The number of alkyl halides is 3. The van der Waals surface area contributed by atoms with Crippen LogP contribution in [0.25, 0.3) is 10.9 Å².